The number of hydrogen-bond acceptors (Lipinski definition) is 6. The highest BCUT2D eigenvalue weighted by atomic mass is 19.1. The van der Waals surface area contributed by atoms with Crippen molar-refractivity contribution in [3.63, 3.8) is 0 Å². The van der Waals surface area contributed by atoms with E-state index in [0.717, 1.165) is 0 Å². The smallest absolute Gasteiger partial charge is 0.266 e. The van der Waals surface area contributed by atoms with Crippen LogP contribution in [-0.4, -0.2) is 29.5 Å². The summed E-state index contributed by atoms with van der Waals surface area (Å²) in [6.07, 6.45) is 11.0. The second-order valence-corrected chi connectivity index (χ2v) is 6.80. The van der Waals surface area contributed by atoms with Crippen LogP contribution in [0, 0.1) is 25.6 Å². The number of para-hydroxylation sites is 1. The van der Waals surface area contributed by atoms with Crippen molar-refractivity contribution in [2.45, 2.75) is 13.5 Å². The maximum atomic E-state index is 14.1. The summed E-state index contributed by atoms with van der Waals surface area (Å²) in [7, 11) is 0. The Morgan fingerprint density at radius 3 is 2.69 bits per heavy atom. The normalized spacial score (nSPS) is 10.6. The largest absolute Gasteiger partial charge is 0.361 e. The molecular weight excluding hydrogens is 409 g/mol. The summed E-state index contributed by atoms with van der Waals surface area (Å²) in [5, 5.41) is 3.43. The summed E-state index contributed by atoms with van der Waals surface area (Å²) >= 11 is 0. The summed E-state index contributed by atoms with van der Waals surface area (Å²) in [4.78, 5) is 33.4. The number of aromatic nitrogens is 6. The fraction of sp³-hybridized carbons (Fsp3) is 0.0870. The minimum absolute atomic E-state index is 0.210. The molecule has 5 rings (SSSR count). The van der Waals surface area contributed by atoms with Gasteiger partial charge < -0.3 is 10.3 Å². The molecule has 9 heteroatoms. The highest BCUT2D eigenvalue weighted by Crippen LogP contribution is 2.19. The van der Waals surface area contributed by atoms with Crippen LogP contribution in [0.2, 0.25) is 0 Å². The Kier molecular flexibility index (Phi) is 5.59. The molecule has 0 atom stereocenters. The Morgan fingerprint density at radius 2 is 1.91 bits per heavy atom. The van der Waals surface area contributed by atoms with Gasteiger partial charge in [0, 0.05) is 0 Å². The van der Waals surface area contributed by atoms with Gasteiger partial charge in [-0.15, -0.1) is 12.8 Å². The lowest BCUT2D eigenvalue weighted by molar-refractivity contribution is 0.620. The third-order valence-electron chi connectivity index (χ3n) is 4.87. The van der Waals surface area contributed by atoms with Crippen molar-refractivity contribution in [1.82, 2.24) is 29.5 Å². The molecule has 0 spiro atoms. The van der Waals surface area contributed by atoms with Crippen LogP contribution in [-0.2, 0) is 6.54 Å². The molecule has 8 nitrogen and oxygen atoms in total. The Balaban J connectivity index is 0.00000119. The Bertz CT molecular complexity index is 1490. The molecule has 158 valence electrons. The first-order chi connectivity index (χ1) is 15.6. The maximum Gasteiger partial charge on any atom is 0.266 e. The minimum Gasteiger partial charge on any atom is -0.361 e. The molecule has 0 radical (unpaired) electrons. The molecular formula is C23H18FN7O. The average Bonchev–Trinajstić information content (AvgIpc) is 3.31. The number of terminal acetylenes is 1. The maximum absolute atomic E-state index is 14.1. The molecule has 0 aliphatic carbocycles. The van der Waals surface area contributed by atoms with E-state index >= 15 is 0 Å². The van der Waals surface area contributed by atoms with Gasteiger partial charge in [0.2, 0.25) is 0 Å². The third kappa shape index (κ3) is 3.65. The van der Waals surface area contributed by atoms with Gasteiger partial charge in [0.25, 0.3) is 5.56 Å². The molecule has 0 fully saturated rings. The van der Waals surface area contributed by atoms with Gasteiger partial charge >= 0.3 is 0 Å². The van der Waals surface area contributed by atoms with Crippen LogP contribution in [0.1, 0.15) is 11.4 Å². The third-order valence-corrected chi connectivity index (χ3v) is 4.87. The highest BCUT2D eigenvalue weighted by molar-refractivity contribution is 5.82. The van der Waals surface area contributed by atoms with E-state index < -0.39 is 5.82 Å². The highest BCUT2D eigenvalue weighted by Gasteiger charge is 2.15. The summed E-state index contributed by atoms with van der Waals surface area (Å²) in [5.74, 6) is 0.576. The minimum atomic E-state index is -0.436. The zero-order chi connectivity index (χ0) is 22.7. The van der Waals surface area contributed by atoms with Gasteiger partial charge in [-0.25, -0.2) is 24.3 Å². The van der Waals surface area contributed by atoms with Gasteiger partial charge in [-0.05, 0) is 36.8 Å². The second-order valence-electron chi connectivity index (χ2n) is 6.80. The van der Waals surface area contributed by atoms with Crippen molar-refractivity contribution in [3.8, 4) is 18.5 Å². The van der Waals surface area contributed by atoms with Gasteiger partial charge in [0.05, 0.1) is 29.5 Å². The standard InChI is InChI=1S/C21H16FN7O.C2H2/c1-12-7-16-14(8-15(12)22)21(30)29(13-5-3-2-4-6-13)17(28-16)9-23-19-18-20(25-10-24-18)27-11-26-19;1-2/h2-8,10-11H,9H2,1H3,(H2,23,24,25,26,27);1-2H. The number of anilines is 1. The molecule has 0 bridgehead atoms. The van der Waals surface area contributed by atoms with Gasteiger partial charge in [0.1, 0.15) is 23.5 Å². The molecule has 5 aromatic rings. The molecule has 2 N–H and O–H groups in total. The average molecular weight is 427 g/mol. The first-order valence-corrected chi connectivity index (χ1v) is 9.60. The number of halogens is 1. The Labute approximate surface area is 182 Å². The number of H-pyrrole nitrogens is 1. The summed E-state index contributed by atoms with van der Waals surface area (Å²) in [5.41, 5.74) is 2.37. The number of benzene rings is 2. The number of hydrogen-bond donors (Lipinski definition) is 2. The van der Waals surface area contributed by atoms with E-state index in [1.807, 2.05) is 18.2 Å². The van der Waals surface area contributed by atoms with Crippen molar-refractivity contribution in [1.29, 1.82) is 0 Å². The van der Waals surface area contributed by atoms with E-state index in [4.69, 9.17) is 0 Å². The van der Waals surface area contributed by atoms with Crippen LogP contribution in [0.4, 0.5) is 10.2 Å². The zero-order valence-corrected chi connectivity index (χ0v) is 17.1. The first-order valence-electron chi connectivity index (χ1n) is 9.60. The first kappa shape index (κ1) is 20.7. The quantitative estimate of drug-likeness (QED) is 0.427. The number of aromatic amines is 1. The summed E-state index contributed by atoms with van der Waals surface area (Å²) < 4.78 is 15.6. The zero-order valence-electron chi connectivity index (χ0n) is 17.1. The Morgan fingerprint density at radius 1 is 1.12 bits per heavy atom. The number of nitrogens with zero attached hydrogens (tertiary/aromatic N) is 5. The topological polar surface area (TPSA) is 101 Å². The molecule has 3 aromatic heterocycles. The van der Waals surface area contributed by atoms with Crippen LogP contribution in [0.15, 0.2) is 59.9 Å². The van der Waals surface area contributed by atoms with Gasteiger partial charge in [-0.3, -0.25) is 9.36 Å². The molecule has 0 amide bonds. The number of aryl methyl sites for hydroxylation is 1. The van der Waals surface area contributed by atoms with Crippen molar-refractivity contribution < 1.29 is 4.39 Å². The monoisotopic (exact) mass is 427 g/mol. The molecule has 32 heavy (non-hydrogen) atoms. The molecule has 0 aliphatic rings. The summed E-state index contributed by atoms with van der Waals surface area (Å²) in [6.45, 7) is 1.86. The predicted molar refractivity (Wildman–Crippen MR) is 121 cm³/mol. The molecule has 0 unspecified atom stereocenters. The fourth-order valence-corrected chi connectivity index (χ4v) is 3.38. The number of imidazole rings is 1. The van der Waals surface area contributed by atoms with Gasteiger partial charge in [-0.1, -0.05) is 18.2 Å². The van der Waals surface area contributed by atoms with Crippen molar-refractivity contribution in [2.24, 2.45) is 0 Å². The van der Waals surface area contributed by atoms with Crippen LogP contribution < -0.4 is 10.9 Å². The molecule has 3 heterocycles. The van der Waals surface area contributed by atoms with Crippen LogP contribution in [0.5, 0.6) is 0 Å². The fourth-order valence-electron chi connectivity index (χ4n) is 3.38. The number of rotatable bonds is 4. The molecule has 2 aromatic carbocycles. The predicted octanol–water partition coefficient (Wildman–Crippen LogP) is 3.36. The Hall–Kier alpha value is -4.58. The van der Waals surface area contributed by atoms with Crippen molar-refractivity contribution in [2.75, 3.05) is 5.32 Å². The number of nitrogens with one attached hydrogen (secondary N) is 2. The molecule has 0 aliphatic heterocycles. The lowest BCUT2D eigenvalue weighted by Crippen LogP contribution is -2.25. The SMILES string of the molecule is C#C.Cc1cc2nc(CNc3ncnc4nc[nH]c34)n(-c3ccccc3)c(=O)c2cc1F. The lowest BCUT2D eigenvalue weighted by atomic mass is 10.1. The van der Waals surface area contributed by atoms with E-state index in [2.05, 4.69) is 43.1 Å². The van der Waals surface area contributed by atoms with Gasteiger partial charge in [-0.2, -0.15) is 0 Å². The molecule has 0 saturated heterocycles. The second kappa shape index (κ2) is 8.65. The van der Waals surface area contributed by atoms with E-state index in [1.54, 1.807) is 25.1 Å². The number of fused-ring (bicyclic) bond motifs is 2. The van der Waals surface area contributed by atoms with E-state index in [1.165, 1.54) is 23.3 Å². The lowest BCUT2D eigenvalue weighted by Gasteiger charge is -2.15. The van der Waals surface area contributed by atoms with E-state index in [9.17, 15) is 9.18 Å². The van der Waals surface area contributed by atoms with E-state index in [-0.39, 0.29) is 17.5 Å². The summed E-state index contributed by atoms with van der Waals surface area (Å²) in [6, 6.07) is 12.0. The van der Waals surface area contributed by atoms with Crippen LogP contribution in [0.25, 0.3) is 27.8 Å². The van der Waals surface area contributed by atoms with Crippen molar-refractivity contribution in [3.05, 3.63) is 82.7 Å². The van der Waals surface area contributed by atoms with Crippen molar-refractivity contribution >= 4 is 27.9 Å². The van der Waals surface area contributed by atoms with E-state index in [0.29, 0.717) is 39.6 Å². The van der Waals surface area contributed by atoms with Gasteiger partial charge in [0.15, 0.2) is 11.5 Å². The van der Waals surface area contributed by atoms with Crippen LogP contribution in [0.3, 0.4) is 0 Å². The van der Waals surface area contributed by atoms with Crippen LogP contribution >= 0.6 is 0 Å². The molecule has 0 saturated carbocycles.